The van der Waals surface area contributed by atoms with Gasteiger partial charge < -0.3 is 9.47 Å². The minimum Gasteiger partial charge on any atom is -0.490 e. The second-order valence-electron chi connectivity index (χ2n) is 7.87. The molecule has 1 aliphatic rings. The first kappa shape index (κ1) is 27.0. The van der Waals surface area contributed by atoms with Crippen LogP contribution < -0.4 is 9.47 Å². The molecule has 1 saturated heterocycles. The summed E-state index contributed by atoms with van der Waals surface area (Å²) in [5.74, 6) is 0.633. The predicted octanol–water partition coefficient (Wildman–Crippen LogP) is 7.07. The van der Waals surface area contributed by atoms with Gasteiger partial charge in [-0.2, -0.15) is 0 Å². The summed E-state index contributed by atoms with van der Waals surface area (Å²) in [6.45, 7) is 2.57. The number of amides is 2. The van der Waals surface area contributed by atoms with Crippen LogP contribution in [0.2, 0.25) is 5.02 Å². The predicted molar refractivity (Wildman–Crippen MR) is 151 cm³/mol. The number of benzene rings is 3. The van der Waals surface area contributed by atoms with Crippen molar-refractivity contribution in [1.29, 1.82) is 0 Å². The second kappa shape index (κ2) is 12.0. The molecule has 0 N–H and O–H groups in total. The summed E-state index contributed by atoms with van der Waals surface area (Å²) in [6.07, 6.45) is 1.66. The Hall–Kier alpha value is -3.09. The van der Waals surface area contributed by atoms with Crippen LogP contribution in [0.15, 0.2) is 65.6 Å². The number of rotatable bonds is 9. The Morgan fingerprint density at radius 2 is 1.84 bits per heavy atom. The molecule has 2 amide bonds. The van der Waals surface area contributed by atoms with Crippen molar-refractivity contribution in [3.05, 3.63) is 101 Å². The molecule has 8 nitrogen and oxygen atoms in total. The molecule has 11 heteroatoms. The van der Waals surface area contributed by atoms with E-state index in [1.807, 2.05) is 19.1 Å². The number of nitro groups is 1. The van der Waals surface area contributed by atoms with Gasteiger partial charge in [0, 0.05) is 17.2 Å². The van der Waals surface area contributed by atoms with Crippen LogP contribution in [-0.4, -0.2) is 27.6 Å². The van der Waals surface area contributed by atoms with E-state index in [0.717, 1.165) is 26.5 Å². The molecule has 0 spiro atoms. The Labute approximate surface area is 235 Å². The van der Waals surface area contributed by atoms with E-state index in [1.54, 1.807) is 42.5 Å². The first-order valence-electron chi connectivity index (χ1n) is 11.1. The first-order chi connectivity index (χ1) is 17.7. The number of hydrogen-bond donors (Lipinski definition) is 0. The van der Waals surface area contributed by atoms with Crippen LogP contribution in [0.25, 0.3) is 6.08 Å². The van der Waals surface area contributed by atoms with E-state index in [9.17, 15) is 19.7 Å². The largest absolute Gasteiger partial charge is 0.490 e. The lowest BCUT2D eigenvalue weighted by molar-refractivity contribution is -0.384. The average Bonchev–Trinajstić information content (AvgIpc) is 3.11. The maximum Gasteiger partial charge on any atom is 0.293 e. The Morgan fingerprint density at radius 3 is 2.51 bits per heavy atom. The quantitative estimate of drug-likeness (QED) is 0.106. The third-order valence-corrected chi connectivity index (χ3v) is 7.21. The fraction of sp³-hybridized carbons (Fsp3) is 0.154. The van der Waals surface area contributed by atoms with Crippen molar-refractivity contribution in [1.82, 2.24) is 4.90 Å². The smallest absolute Gasteiger partial charge is 0.293 e. The zero-order chi connectivity index (χ0) is 26.5. The average molecular weight is 651 g/mol. The van der Waals surface area contributed by atoms with Gasteiger partial charge in [0.25, 0.3) is 16.8 Å². The molecule has 3 aromatic rings. The first-order valence-corrected chi connectivity index (χ1v) is 13.3. The summed E-state index contributed by atoms with van der Waals surface area (Å²) in [7, 11) is 0. The lowest BCUT2D eigenvalue weighted by atomic mass is 10.1. The Kier molecular flexibility index (Phi) is 8.72. The van der Waals surface area contributed by atoms with Crippen LogP contribution in [0.5, 0.6) is 11.5 Å². The van der Waals surface area contributed by atoms with Crippen molar-refractivity contribution in [3.8, 4) is 11.5 Å². The molecule has 1 aliphatic heterocycles. The van der Waals surface area contributed by atoms with Gasteiger partial charge in [-0.05, 0) is 100 Å². The molecule has 37 heavy (non-hydrogen) atoms. The van der Waals surface area contributed by atoms with E-state index in [2.05, 4.69) is 22.6 Å². The molecule has 0 saturated carbocycles. The van der Waals surface area contributed by atoms with Gasteiger partial charge in [-0.3, -0.25) is 24.6 Å². The highest BCUT2D eigenvalue weighted by Crippen LogP contribution is 2.38. The zero-order valence-electron chi connectivity index (χ0n) is 19.5. The maximum absolute atomic E-state index is 13.0. The molecule has 1 fully saturated rings. The van der Waals surface area contributed by atoms with Gasteiger partial charge in [-0.1, -0.05) is 23.7 Å². The van der Waals surface area contributed by atoms with Crippen molar-refractivity contribution in [2.75, 3.05) is 6.61 Å². The Morgan fingerprint density at radius 1 is 1.08 bits per heavy atom. The SMILES string of the molecule is CCOc1cc(/C=C2\SC(=O)N(Cc3cccc(Cl)c3)C2=O)cc(I)c1OCc1ccc([N+](=O)[O-])cc1. The van der Waals surface area contributed by atoms with E-state index in [0.29, 0.717) is 33.6 Å². The van der Waals surface area contributed by atoms with E-state index in [1.165, 1.54) is 17.0 Å². The molecule has 0 radical (unpaired) electrons. The van der Waals surface area contributed by atoms with Crippen LogP contribution in [0, 0.1) is 13.7 Å². The van der Waals surface area contributed by atoms with Crippen LogP contribution in [0.1, 0.15) is 23.6 Å². The minimum atomic E-state index is -0.453. The third-order valence-electron chi connectivity index (χ3n) is 5.26. The highest BCUT2D eigenvalue weighted by atomic mass is 127. The summed E-state index contributed by atoms with van der Waals surface area (Å²) in [4.78, 5) is 37.4. The second-order valence-corrected chi connectivity index (χ2v) is 10.5. The van der Waals surface area contributed by atoms with Crippen molar-refractivity contribution in [2.24, 2.45) is 0 Å². The summed E-state index contributed by atoms with van der Waals surface area (Å²) in [5, 5.41) is 11.1. The molecule has 4 rings (SSSR count). The lowest BCUT2D eigenvalue weighted by Crippen LogP contribution is -2.27. The van der Waals surface area contributed by atoms with Crippen LogP contribution in [0.3, 0.4) is 0 Å². The maximum atomic E-state index is 13.0. The number of hydrogen-bond acceptors (Lipinski definition) is 7. The minimum absolute atomic E-state index is 0.00895. The van der Waals surface area contributed by atoms with Crippen LogP contribution >= 0.6 is 46.0 Å². The number of halogens is 2. The summed E-state index contributed by atoms with van der Waals surface area (Å²) in [5.41, 5.74) is 2.22. The highest BCUT2D eigenvalue weighted by molar-refractivity contribution is 14.1. The van der Waals surface area contributed by atoms with Gasteiger partial charge in [0.05, 0.1) is 26.6 Å². The van der Waals surface area contributed by atoms with Crippen LogP contribution in [0.4, 0.5) is 10.5 Å². The molecule has 0 atom stereocenters. The topological polar surface area (TPSA) is 99.0 Å². The van der Waals surface area contributed by atoms with Gasteiger partial charge >= 0.3 is 0 Å². The van der Waals surface area contributed by atoms with Crippen molar-refractivity contribution >= 4 is 68.9 Å². The summed E-state index contributed by atoms with van der Waals surface area (Å²) < 4.78 is 12.5. The van der Waals surface area contributed by atoms with Gasteiger partial charge in [0.15, 0.2) is 11.5 Å². The lowest BCUT2D eigenvalue weighted by Gasteiger charge is -2.15. The van der Waals surface area contributed by atoms with Crippen molar-refractivity contribution < 1.29 is 24.0 Å². The molecule has 0 aromatic heterocycles. The molecular formula is C26H20ClIN2O6S. The monoisotopic (exact) mass is 650 g/mol. The summed E-state index contributed by atoms with van der Waals surface area (Å²) >= 11 is 9.03. The number of thioether (sulfide) groups is 1. The van der Waals surface area contributed by atoms with Gasteiger partial charge in [-0.25, -0.2) is 0 Å². The zero-order valence-corrected chi connectivity index (χ0v) is 23.2. The molecule has 1 heterocycles. The fourth-order valence-electron chi connectivity index (χ4n) is 3.55. The molecule has 190 valence electrons. The number of imide groups is 1. The summed E-state index contributed by atoms with van der Waals surface area (Å²) in [6, 6.07) is 16.8. The standard InChI is InChI=1S/C26H20ClIN2O6S/c1-2-35-22-12-18(11-21(28)24(22)36-15-16-6-8-20(9-7-16)30(33)34)13-23-25(31)29(26(32)37-23)14-17-4-3-5-19(27)10-17/h3-13H,2,14-15H2,1H3/b23-13-. The molecule has 0 bridgehead atoms. The van der Waals surface area contributed by atoms with Crippen molar-refractivity contribution in [2.45, 2.75) is 20.1 Å². The molecule has 3 aromatic carbocycles. The Bertz CT molecular complexity index is 1400. The van der Waals surface area contributed by atoms with Crippen LogP contribution in [-0.2, 0) is 17.9 Å². The molecule has 0 aliphatic carbocycles. The highest BCUT2D eigenvalue weighted by Gasteiger charge is 2.35. The number of nitro benzene ring substituents is 1. The fourth-order valence-corrected chi connectivity index (χ4v) is 5.38. The Balaban J connectivity index is 1.53. The number of carbonyl (C=O) groups excluding carboxylic acids is 2. The van der Waals surface area contributed by atoms with Gasteiger partial charge in [0.1, 0.15) is 6.61 Å². The number of non-ortho nitro benzene ring substituents is 1. The van der Waals surface area contributed by atoms with E-state index >= 15 is 0 Å². The van der Waals surface area contributed by atoms with E-state index in [4.69, 9.17) is 21.1 Å². The number of ether oxygens (including phenoxy) is 2. The molecular weight excluding hydrogens is 631 g/mol. The van der Waals surface area contributed by atoms with Gasteiger partial charge in [-0.15, -0.1) is 0 Å². The van der Waals surface area contributed by atoms with E-state index < -0.39 is 4.92 Å². The van der Waals surface area contributed by atoms with E-state index in [-0.39, 0.29) is 30.0 Å². The number of nitrogens with zero attached hydrogens (tertiary/aromatic N) is 2. The molecule has 0 unspecified atom stereocenters. The number of carbonyl (C=O) groups is 2. The third kappa shape index (κ3) is 6.62. The van der Waals surface area contributed by atoms with Gasteiger partial charge in [0.2, 0.25) is 0 Å². The van der Waals surface area contributed by atoms with Crippen molar-refractivity contribution in [3.63, 3.8) is 0 Å². The normalized spacial score (nSPS) is 14.4.